The van der Waals surface area contributed by atoms with Crippen molar-refractivity contribution >= 4 is 5.82 Å². The van der Waals surface area contributed by atoms with E-state index in [0.29, 0.717) is 17.9 Å². The lowest BCUT2D eigenvalue weighted by Gasteiger charge is -2.38. The molecule has 0 amide bonds. The molecule has 2 aliphatic heterocycles. The normalized spacial score (nSPS) is 24.9. The molecule has 1 atom stereocenters. The number of fused-ring (bicyclic) bond motifs is 1. The van der Waals surface area contributed by atoms with Gasteiger partial charge in [0.05, 0.1) is 5.56 Å². The van der Waals surface area contributed by atoms with E-state index in [0.717, 1.165) is 36.8 Å². The molecule has 4 heterocycles. The van der Waals surface area contributed by atoms with Gasteiger partial charge in [-0.1, -0.05) is 5.16 Å². The molecule has 6 nitrogen and oxygen atoms in total. The lowest BCUT2D eigenvalue weighted by atomic mass is 10.1. The van der Waals surface area contributed by atoms with Crippen molar-refractivity contribution in [2.45, 2.75) is 37.6 Å². The van der Waals surface area contributed by atoms with Crippen LogP contribution in [0.15, 0.2) is 22.9 Å². The Labute approximate surface area is 135 Å². The van der Waals surface area contributed by atoms with Crippen LogP contribution in [0, 0.1) is 0 Å². The van der Waals surface area contributed by atoms with Gasteiger partial charge in [-0.2, -0.15) is 4.98 Å². The van der Waals surface area contributed by atoms with Gasteiger partial charge in [-0.3, -0.25) is 4.90 Å². The molecule has 2 aromatic rings. The molecular weight excluding hydrogens is 290 g/mol. The van der Waals surface area contributed by atoms with Crippen LogP contribution in [0.5, 0.6) is 0 Å². The largest absolute Gasteiger partial charge is 0.354 e. The average Bonchev–Trinajstić information content (AvgIpc) is 3.14. The van der Waals surface area contributed by atoms with Crippen LogP contribution >= 0.6 is 0 Å². The Morgan fingerprint density at radius 3 is 2.87 bits per heavy atom. The molecule has 1 aliphatic carbocycles. The standard InChI is InChI=1S/C17H21N5O/c1-2-14-11-22(9-8-21(14)7-1)15-6-5-13(10-18-15)17-19-16(20-23-17)12-3-4-12/h5-6,10,12,14H,1-4,7-9,11H2/t14-/m1/s1. The first-order chi connectivity index (χ1) is 11.4. The average molecular weight is 311 g/mol. The van der Waals surface area contributed by atoms with Crippen LogP contribution in [0.2, 0.25) is 0 Å². The van der Waals surface area contributed by atoms with Gasteiger partial charge < -0.3 is 9.42 Å². The Bertz CT molecular complexity index is 693. The first-order valence-corrected chi connectivity index (χ1v) is 8.66. The number of aromatic nitrogens is 3. The predicted molar refractivity (Wildman–Crippen MR) is 86.3 cm³/mol. The molecule has 23 heavy (non-hydrogen) atoms. The first-order valence-electron chi connectivity index (χ1n) is 8.66. The SMILES string of the molecule is c1cc(N2CCN3CCC[C@@H]3C2)ncc1-c1nc(C2CC2)no1. The van der Waals surface area contributed by atoms with Crippen LogP contribution < -0.4 is 4.90 Å². The maximum atomic E-state index is 5.37. The molecule has 6 heteroatoms. The van der Waals surface area contributed by atoms with Crippen LogP contribution in [-0.2, 0) is 0 Å². The zero-order chi connectivity index (χ0) is 15.2. The summed E-state index contributed by atoms with van der Waals surface area (Å²) in [6.07, 6.45) is 6.89. The second-order valence-corrected chi connectivity index (χ2v) is 6.92. The Morgan fingerprint density at radius 1 is 1.09 bits per heavy atom. The fraction of sp³-hybridized carbons (Fsp3) is 0.588. The van der Waals surface area contributed by atoms with E-state index in [4.69, 9.17) is 4.52 Å². The topological polar surface area (TPSA) is 58.3 Å². The van der Waals surface area contributed by atoms with Crippen molar-refractivity contribution in [3.63, 3.8) is 0 Å². The molecule has 0 spiro atoms. The van der Waals surface area contributed by atoms with Crippen molar-refractivity contribution < 1.29 is 4.52 Å². The summed E-state index contributed by atoms with van der Waals surface area (Å²) in [7, 11) is 0. The highest BCUT2D eigenvalue weighted by Gasteiger charge is 2.31. The lowest BCUT2D eigenvalue weighted by Crippen LogP contribution is -2.50. The maximum Gasteiger partial charge on any atom is 0.259 e. The van der Waals surface area contributed by atoms with Gasteiger partial charge >= 0.3 is 0 Å². The van der Waals surface area contributed by atoms with Crippen molar-refractivity contribution in [1.29, 1.82) is 0 Å². The van der Waals surface area contributed by atoms with E-state index in [1.54, 1.807) is 0 Å². The summed E-state index contributed by atoms with van der Waals surface area (Å²) < 4.78 is 5.37. The minimum atomic E-state index is 0.516. The molecule has 3 fully saturated rings. The quantitative estimate of drug-likeness (QED) is 0.867. The summed E-state index contributed by atoms with van der Waals surface area (Å²) in [6, 6.07) is 4.84. The van der Waals surface area contributed by atoms with E-state index >= 15 is 0 Å². The maximum absolute atomic E-state index is 5.37. The van der Waals surface area contributed by atoms with Gasteiger partial charge in [0.1, 0.15) is 5.82 Å². The van der Waals surface area contributed by atoms with Crippen LogP contribution in [-0.4, -0.2) is 52.2 Å². The molecule has 0 N–H and O–H groups in total. The molecule has 0 aromatic carbocycles. The molecule has 2 aromatic heterocycles. The Balaban J connectivity index is 1.32. The fourth-order valence-electron chi connectivity index (χ4n) is 3.76. The van der Waals surface area contributed by atoms with E-state index in [9.17, 15) is 0 Å². The summed E-state index contributed by atoms with van der Waals surface area (Å²) in [5.74, 6) is 3.01. The Hall–Kier alpha value is -1.95. The molecule has 2 saturated heterocycles. The van der Waals surface area contributed by atoms with Gasteiger partial charge in [-0.05, 0) is 44.4 Å². The van der Waals surface area contributed by atoms with E-state index in [1.807, 2.05) is 12.3 Å². The number of piperazine rings is 1. The monoisotopic (exact) mass is 311 g/mol. The number of pyridine rings is 1. The van der Waals surface area contributed by atoms with E-state index < -0.39 is 0 Å². The molecular formula is C17H21N5O. The Kier molecular flexibility index (Phi) is 3.11. The third kappa shape index (κ3) is 2.51. The molecule has 5 rings (SSSR count). The van der Waals surface area contributed by atoms with E-state index in [2.05, 4.69) is 31.0 Å². The lowest BCUT2D eigenvalue weighted by molar-refractivity contribution is 0.230. The number of hydrogen-bond donors (Lipinski definition) is 0. The van der Waals surface area contributed by atoms with Crippen LogP contribution in [0.4, 0.5) is 5.82 Å². The third-order valence-electron chi connectivity index (χ3n) is 5.29. The summed E-state index contributed by atoms with van der Waals surface area (Å²) >= 11 is 0. The van der Waals surface area contributed by atoms with E-state index in [1.165, 1.54) is 32.2 Å². The van der Waals surface area contributed by atoms with Crippen LogP contribution in [0.3, 0.4) is 0 Å². The summed E-state index contributed by atoms with van der Waals surface area (Å²) in [6.45, 7) is 4.59. The predicted octanol–water partition coefficient (Wildman–Crippen LogP) is 2.29. The highest BCUT2D eigenvalue weighted by atomic mass is 16.5. The molecule has 0 bridgehead atoms. The van der Waals surface area contributed by atoms with Gasteiger partial charge in [0.2, 0.25) is 0 Å². The van der Waals surface area contributed by atoms with Crippen molar-refractivity contribution in [2.75, 3.05) is 31.1 Å². The molecule has 1 saturated carbocycles. The van der Waals surface area contributed by atoms with Gasteiger partial charge in [0.25, 0.3) is 5.89 Å². The Morgan fingerprint density at radius 2 is 2.04 bits per heavy atom. The van der Waals surface area contributed by atoms with Crippen molar-refractivity contribution in [3.05, 3.63) is 24.2 Å². The third-order valence-corrected chi connectivity index (χ3v) is 5.29. The van der Waals surface area contributed by atoms with Crippen LogP contribution in [0.1, 0.15) is 37.4 Å². The van der Waals surface area contributed by atoms with Crippen LogP contribution in [0.25, 0.3) is 11.5 Å². The minimum absolute atomic E-state index is 0.516. The number of nitrogens with zero attached hydrogens (tertiary/aromatic N) is 5. The smallest absolute Gasteiger partial charge is 0.259 e. The minimum Gasteiger partial charge on any atom is -0.354 e. The highest BCUT2D eigenvalue weighted by Crippen LogP contribution is 2.38. The number of rotatable bonds is 3. The molecule has 120 valence electrons. The summed E-state index contributed by atoms with van der Waals surface area (Å²) in [4.78, 5) is 14.1. The number of hydrogen-bond acceptors (Lipinski definition) is 6. The van der Waals surface area contributed by atoms with Crippen molar-refractivity contribution in [1.82, 2.24) is 20.0 Å². The van der Waals surface area contributed by atoms with E-state index in [-0.39, 0.29) is 0 Å². The first kappa shape index (κ1) is 13.5. The van der Waals surface area contributed by atoms with Gasteiger partial charge in [-0.15, -0.1) is 0 Å². The second-order valence-electron chi connectivity index (χ2n) is 6.92. The molecule has 0 radical (unpaired) electrons. The van der Waals surface area contributed by atoms with Gasteiger partial charge in [-0.25, -0.2) is 4.98 Å². The highest BCUT2D eigenvalue weighted by molar-refractivity contribution is 5.55. The van der Waals surface area contributed by atoms with Crippen molar-refractivity contribution in [2.24, 2.45) is 0 Å². The second kappa shape index (κ2) is 5.30. The zero-order valence-electron chi connectivity index (χ0n) is 13.2. The molecule has 0 unspecified atom stereocenters. The fourth-order valence-corrected chi connectivity index (χ4v) is 3.76. The van der Waals surface area contributed by atoms with Crippen molar-refractivity contribution in [3.8, 4) is 11.5 Å². The zero-order valence-corrected chi connectivity index (χ0v) is 13.2. The summed E-state index contributed by atoms with van der Waals surface area (Å²) in [5, 5.41) is 4.07. The van der Waals surface area contributed by atoms with Gasteiger partial charge in [0.15, 0.2) is 5.82 Å². The molecule has 3 aliphatic rings. The number of anilines is 1. The summed E-state index contributed by atoms with van der Waals surface area (Å²) in [5.41, 5.74) is 0.910. The van der Waals surface area contributed by atoms with Gasteiger partial charge in [0, 0.05) is 37.8 Å².